The Hall–Kier alpha value is -3.72. The molecule has 1 aromatic heterocycles. The van der Waals surface area contributed by atoms with Gasteiger partial charge in [-0.25, -0.2) is 8.60 Å². The van der Waals surface area contributed by atoms with Crippen LogP contribution >= 0.6 is 0 Å². The molecule has 1 saturated carbocycles. The lowest BCUT2D eigenvalue weighted by Gasteiger charge is -2.32. The van der Waals surface area contributed by atoms with E-state index in [4.69, 9.17) is 19.5 Å². The van der Waals surface area contributed by atoms with Gasteiger partial charge in [0.1, 0.15) is 17.2 Å². The van der Waals surface area contributed by atoms with Crippen LogP contribution in [-0.4, -0.2) is 39.5 Å². The number of amides is 1. The first-order chi connectivity index (χ1) is 22.4. The molecule has 8 nitrogen and oxygen atoms in total. The average molecular weight is 687 g/mol. The fourth-order valence-electron chi connectivity index (χ4n) is 6.01. The largest absolute Gasteiger partial charge is 0.495 e. The zero-order chi connectivity index (χ0) is 34.8. The lowest BCUT2D eigenvalue weighted by molar-refractivity contribution is -0.136. The van der Waals surface area contributed by atoms with Crippen molar-refractivity contribution >= 4 is 46.4 Å². The van der Waals surface area contributed by atoms with Gasteiger partial charge in [-0.1, -0.05) is 24.3 Å². The van der Waals surface area contributed by atoms with Crippen LogP contribution in [0.15, 0.2) is 59.0 Å². The van der Waals surface area contributed by atoms with Crippen molar-refractivity contribution in [3.05, 3.63) is 94.0 Å². The van der Waals surface area contributed by atoms with Gasteiger partial charge in [0.05, 0.1) is 28.0 Å². The van der Waals surface area contributed by atoms with E-state index in [9.17, 15) is 31.1 Å². The molecule has 1 unspecified atom stereocenters. The number of carbonyl (C=O) groups is 1. The van der Waals surface area contributed by atoms with Crippen LogP contribution in [0.25, 0.3) is 11.0 Å². The number of fused-ring (bicyclic) bond motifs is 1. The normalized spacial score (nSPS) is 18.0. The zero-order valence-corrected chi connectivity index (χ0v) is 27.6. The van der Waals surface area contributed by atoms with Gasteiger partial charge in [0.25, 0.3) is 17.2 Å². The second-order valence-electron chi connectivity index (χ2n) is 13.3. The molecule has 0 bridgehead atoms. The van der Waals surface area contributed by atoms with Crippen LogP contribution in [0.4, 0.5) is 23.2 Å². The van der Waals surface area contributed by atoms with Crippen molar-refractivity contribution in [2.75, 3.05) is 10.8 Å². The molecule has 254 valence electrons. The summed E-state index contributed by atoms with van der Waals surface area (Å²) in [7, 11) is -1.22. The van der Waals surface area contributed by atoms with E-state index in [0.29, 0.717) is 27.8 Å². The van der Waals surface area contributed by atoms with Gasteiger partial charge in [0.15, 0.2) is 0 Å². The molecule has 4 aromatic rings. The van der Waals surface area contributed by atoms with E-state index in [1.165, 1.54) is 28.6 Å². The summed E-state index contributed by atoms with van der Waals surface area (Å²) < 4.78 is 98.7. The highest BCUT2D eigenvalue weighted by Gasteiger charge is 2.53. The molecule has 0 spiro atoms. The van der Waals surface area contributed by atoms with Crippen LogP contribution in [0.3, 0.4) is 0 Å². The Kier molecular flexibility index (Phi) is 8.76. The minimum atomic E-state index is -4.71. The maximum atomic E-state index is 14.3. The highest BCUT2D eigenvalue weighted by Crippen LogP contribution is 2.47. The van der Waals surface area contributed by atoms with E-state index in [1.807, 2.05) is 0 Å². The minimum absolute atomic E-state index is 0.00167. The van der Waals surface area contributed by atoms with E-state index < -0.39 is 53.1 Å². The maximum Gasteiger partial charge on any atom is 0.495 e. The number of furan rings is 1. The monoisotopic (exact) mass is 686 g/mol. The Labute approximate surface area is 278 Å². The molecule has 1 amide bonds. The SMILES string of the molecule is CC1(C)OB(c2ccc(CCN(c3cc4oc(Cc5ccc(F)cc5)c(C(N)=O)c4cc3C3CC3)S(=O)O)cc2C(F)(F)F)OC1(C)C. The predicted molar refractivity (Wildman–Crippen MR) is 175 cm³/mol. The summed E-state index contributed by atoms with van der Waals surface area (Å²) in [5, 5.41) is 0.446. The van der Waals surface area contributed by atoms with Crippen LogP contribution in [0.2, 0.25) is 0 Å². The second-order valence-corrected chi connectivity index (χ2v) is 14.2. The average Bonchev–Trinajstić information content (AvgIpc) is 3.73. The predicted octanol–water partition coefficient (Wildman–Crippen LogP) is 6.64. The fourth-order valence-corrected chi connectivity index (χ4v) is 6.59. The molecule has 1 saturated heterocycles. The minimum Gasteiger partial charge on any atom is -0.460 e. The summed E-state index contributed by atoms with van der Waals surface area (Å²) in [5.41, 5.74) is 5.52. The van der Waals surface area contributed by atoms with Crippen molar-refractivity contribution in [3.8, 4) is 0 Å². The topological polar surface area (TPSA) is 115 Å². The molecule has 3 N–H and O–H groups in total. The number of nitrogens with two attached hydrogens (primary N) is 1. The maximum absolute atomic E-state index is 14.3. The number of benzene rings is 3. The van der Waals surface area contributed by atoms with Gasteiger partial charge in [-0.15, -0.1) is 0 Å². The van der Waals surface area contributed by atoms with E-state index in [1.54, 1.807) is 52.0 Å². The lowest BCUT2D eigenvalue weighted by atomic mass is 9.75. The smallest absolute Gasteiger partial charge is 0.460 e. The van der Waals surface area contributed by atoms with Gasteiger partial charge in [-0.05, 0) is 99.3 Å². The summed E-state index contributed by atoms with van der Waals surface area (Å²) in [6.45, 7) is 6.93. The highest BCUT2D eigenvalue weighted by molar-refractivity contribution is 7.80. The van der Waals surface area contributed by atoms with Gasteiger partial charge >= 0.3 is 13.3 Å². The Morgan fingerprint density at radius 1 is 1.02 bits per heavy atom. The molecule has 14 heteroatoms. The number of rotatable bonds is 10. The Morgan fingerprint density at radius 3 is 2.21 bits per heavy atom. The number of hydrogen-bond donors (Lipinski definition) is 2. The van der Waals surface area contributed by atoms with Gasteiger partial charge in [0, 0.05) is 24.4 Å². The standard InChI is InChI=1S/C34H35BF4N2O6S/c1-32(2)33(3,4)47-35(46-32)26-12-7-20(15-25(26)34(37,38)39)13-14-41(48(43)44)27-18-28-24(17-23(27)21-8-9-21)30(31(40)42)29(45-28)16-19-5-10-22(36)11-6-19/h5-7,10-12,15,17-18,21H,8-9,13-14,16H2,1-4H3,(H2,40,42)(H,43,44). The highest BCUT2D eigenvalue weighted by atomic mass is 32.2. The van der Waals surface area contributed by atoms with E-state index in [2.05, 4.69) is 0 Å². The van der Waals surface area contributed by atoms with E-state index in [0.717, 1.165) is 18.9 Å². The number of hydrogen-bond acceptors (Lipinski definition) is 5. The van der Waals surface area contributed by atoms with Gasteiger partial charge in [-0.2, -0.15) is 13.2 Å². The molecule has 0 radical (unpaired) electrons. The molecular weight excluding hydrogens is 651 g/mol. The first-order valence-corrected chi connectivity index (χ1v) is 16.6. The molecule has 2 aliphatic rings. The van der Waals surface area contributed by atoms with E-state index >= 15 is 0 Å². The van der Waals surface area contributed by atoms with Crippen molar-refractivity contribution in [2.24, 2.45) is 5.73 Å². The van der Waals surface area contributed by atoms with Crippen molar-refractivity contribution in [2.45, 2.75) is 76.7 Å². The van der Waals surface area contributed by atoms with Crippen LogP contribution < -0.4 is 15.5 Å². The van der Waals surface area contributed by atoms with E-state index in [-0.39, 0.29) is 47.7 Å². The molecule has 1 aliphatic carbocycles. The first-order valence-electron chi connectivity index (χ1n) is 15.5. The third-order valence-electron chi connectivity index (χ3n) is 9.44. The molecule has 1 aliphatic heterocycles. The van der Waals surface area contributed by atoms with Gasteiger partial charge in [0.2, 0.25) is 0 Å². The van der Waals surface area contributed by atoms with Gasteiger partial charge < -0.3 is 19.5 Å². The molecule has 3 aromatic carbocycles. The lowest BCUT2D eigenvalue weighted by Crippen LogP contribution is -2.41. The quantitative estimate of drug-likeness (QED) is 0.110. The molecule has 1 atom stereocenters. The molecular formula is C34H35BF4N2O6S. The number of nitrogens with zero attached hydrogens (tertiary/aromatic N) is 1. The summed E-state index contributed by atoms with van der Waals surface area (Å²) in [6, 6.07) is 12.9. The summed E-state index contributed by atoms with van der Waals surface area (Å²) in [5.74, 6) is -0.818. The van der Waals surface area contributed by atoms with Crippen LogP contribution in [-0.2, 0) is 39.6 Å². The number of anilines is 1. The zero-order valence-electron chi connectivity index (χ0n) is 26.8. The summed E-state index contributed by atoms with van der Waals surface area (Å²) in [6.07, 6.45) is -2.93. The Morgan fingerprint density at radius 2 is 1.65 bits per heavy atom. The van der Waals surface area contributed by atoms with Gasteiger partial charge in [-0.3, -0.25) is 13.7 Å². The molecule has 6 rings (SSSR count). The first kappa shape index (κ1) is 34.2. The third-order valence-corrected chi connectivity index (χ3v) is 10.2. The molecule has 2 heterocycles. The third kappa shape index (κ3) is 6.63. The number of carbonyl (C=O) groups excluding carboxylic acids is 1. The van der Waals surface area contributed by atoms with Crippen molar-refractivity contribution < 1.29 is 44.8 Å². The Bertz CT molecular complexity index is 1890. The molecule has 2 fully saturated rings. The van der Waals surface area contributed by atoms with Crippen LogP contribution in [0.1, 0.15) is 84.8 Å². The van der Waals surface area contributed by atoms with Crippen LogP contribution in [0, 0.1) is 5.82 Å². The summed E-state index contributed by atoms with van der Waals surface area (Å²) >= 11 is -2.55. The Balaban J connectivity index is 1.33. The van der Waals surface area contributed by atoms with Crippen molar-refractivity contribution in [1.82, 2.24) is 0 Å². The second kappa shape index (κ2) is 12.3. The van der Waals surface area contributed by atoms with Crippen molar-refractivity contribution in [1.29, 1.82) is 0 Å². The number of primary amides is 1. The van der Waals surface area contributed by atoms with Crippen molar-refractivity contribution in [3.63, 3.8) is 0 Å². The number of halogens is 4. The fraction of sp³-hybridized carbons (Fsp3) is 0.382. The molecule has 48 heavy (non-hydrogen) atoms. The van der Waals surface area contributed by atoms with Crippen LogP contribution in [0.5, 0.6) is 0 Å². The number of alkyl halides is 3. The summed E-state index contributed by atoms with van der Waals surface area (Å²) in [4.78, 5) is 12.6.